The summed E-state index contributed by atoms with van der Waals surface area (Å²) in [6.45, 7) is 3.92. The smallest absolute Gasteiger partial charge is 0.254 e. The number of para-hydroxylation sites is 2. The summed E-state index contributed by atoms with van der Waals surface area (Å²) in [6, 6.07) is 14.8. The lowest BCUT2D eigenvalue weighted by molar-refractivity contribution is -0.135. The standard InChI is InChI=1S/C30H34FN3O4S/c1-37-26-6-2-3-7-27(26)38-21-25-24-13-19-39-28(24)12-16-34(25)29(35)20-33(18-17-32-14-4-5-15-32)30(36)22-8-10-23(31)11-9-22/h2-3,6-11,13,19,25H,4-5,12,14-18,20-21H2,1H3. The van der Waals surface area contributed by atoms with E-state index in [1.807, 2.05) is 29.2 Å². The average Bonchev–Trinajstić information content (AvgIpc) is 3.66. The van der Waals surface area contributed by atoms with Crippen LogP contribution < -0.4 is 9.47 Å². The molecule has 2 amide bonds. The van der Waals surface area contributed by atoms with Gasteiger partial charge in [-0.05, 0) is 85.8 Å². The molecule has 2 aliphatic rings. The van der Waals surface area contributed by atoms with Gasteiger partial charge in [-0.3, -0.25) is 9.59 Å². The third-order valence-electron chi connectivity index (χ3n) is 7.47. The first-order chi connectivity index (χ1) is 19.0. The molecule has 0 saturated carbocycles. The maximum Gasteiger partial charge on any atom is 0.254 e. The summed E-state index contributed by atoms with van der Waals surface area (Å²) >= 11 is 1.69. The van der Waals surface area contributed by atoms with Gasteiger partial charge in [0.2, 0.25) is 5.91 Å². The number of carbonyl (C=O) groups is 2. The van der Waals surface area contributed by atoms with Crippen molar-refractivity contribution in [3.8, 4) is 11.5 Å². The molecule has 2 aromatic carbocycles. The highest BCUT2D eigenvalue weighted by atomic mass is 32.1. The Morgan fingerprint density at radius 3 is 2.51 bits per heavy atom. The fourth-order valence-corrected chi connectivity index (χ4v) is 6.26. The molecule has 0 radical (unpaired) electrons. The number of hydrogen-bond donors (Lipinski definition) is 0. The van der Waals surface area contributed by atoms with Crippen molar-refractivity contribution in [3.63, 3.8) is 0 Å². The fraction of sp³-hybridized carbons (Fsp3) is 0.400. The lowest BCUT2D eigenvalue weighted by atomic mass is 10.0. The number of amides is 2. The van der Waals surface area contributed by atoms with Crippen molar-refractivity contribution >= 4 is 23.2 Å². The molecule has 206 valence electrons. The molecule has 3 aromatic rings. The summed E-state index contributed by atoms with van der Waals surface area (Å²) in [5.41, 5.74) is 1.46. The Balaban J connectivity index is 1.34. The second kappa shape index (κ2) is 12.6. The minimum absolute atomic E-state index is 0.0469. The normalized spacial score (nSPS) is 17.1. The number of nitrogens with zero attached hydrogens (tertiary/aromatic N) is 3. The Labute approximate surface area is 232 Å². The van der Waals surface area contributed by atoms with Crippen LogP contribution in [-0.2, 0) is 11.2 Å². The van der Waals surface area contributed by atoms with E-state index in [-0.39, 0.29) is 31.0 Å². The van der Waals surface area contributed by atoms with E-state index >= 15 is 0 Å². The second-order valence-corrected chi connectivity index (χ2v) is 10.9. The molecule has 2 aliphatic heterocycles. The summed E-state index contributed by atoms with van der Waals surface area (Å²) in [7, 11) is 1.60. The van der Waals surface area contributed by atoms with Crippen LogP contribution in [0.25, 0.3) is 0 Å². The van der Waals surface area contributed by atoms with E-state index in [0.29, 0.717) is 36.7 Å². The molecule has 1 fully saturated rings. The molecule has 1 unspecified atom stereocenters. The van der Waals surface area contributed by atoms with Crippen LogP contribution in [0.3, 0.4) is 0 Å². The summed E-state index contributed by atoms with van der Waals surface area (Å²) in [4.78, 5) is 34.3. The van der Waals surface area contributed by atoms with E-state index in [2.05, 4.69) is 16.3 Å². The minimum Gasteiger partial charge on any atom is -0.493 e. The van der Waals surface area contributed by atoms with Gasteiger partial charge >= 0.3 is 0 Å². The zero-order valence-electron chi connectivity index (χ0n) is 22.2. The van der Waals surface area contributed by atoms with Gasteiger partial charge in [-0.25, -0.2) is 4.39 Å². The molecular formula is C30H34FN3O4S. The molecule has 1 saturated heterocycles. The lowest BCUT2D eigenvalue weighted by Crippen LogP contribution is -2.49. The summed E-state index contributed by atoms with van der Waals surface area (Å²) < 4.78 is 25.1. The van der Waals surface area contributed by atoms with Crippen molar-refractivity contribution in [2.45, 2.75) is 25.3 Å². The average molecular weight is 552 g/mol. The summed E-state index contributed by atoms with van der Waals surface area (Å²) in [5.74, 6) is 0.460. The number of fused-ring (bicyclic) bond motifs is 1. The maximum absolute atomic E-state index is 13.9. The van der Waals surface area contributed by atoms with E-state index in [0.717, 1.165) is 37.9 Å². The molecule has 0 aliphatic carbocycles. The Morgan fingerprint density at radius 1 is 1.03 bits per heavy atom. The quantitative estimate of drug-likeness (QED) is 0.368. The number of thiophene rings is 1. The monoisotopic (exact) mass is 551 g/mol. The van der Waals surface area contributed by atoms with Crippen molar-refractivity contribution in [2.24, 2.45) is 0 Å². The van der Waals surface area contributed by atoms with Crippen LogP contribution in [0.5, 0.6) is 11.5 Å². The Hall–Kier alpha value is -3.43. The fourth-order valence-electron chi connectivity index (χ4n) is 5.33. The maximum atomic E-state index is 13.9. The van der Waals surface area contributed by atoms with Gasteiger partial charge in [0.1, 0.15) is 19.0 Å². The summed E-state index contributed by atoms with van der Waals surface area (Å²) in [5, 5.41) is 2.05. The topological polar surface area (TPSA) is 62.3 Å². The van der Waals surface area contributed by atoms with E-state index < -0.39 is 5.82 Å². The largest absolute Gasteiger partial charge is 0.493 e. The molecule has 39 heavy (non-hydrogen) atoms. The molecule has 1 aromatic heterocycles. The van der Waals surface area contributed by atoms with Gasteiger partial charge < -0.3 is 24.2 Å². The van der Waals surface area contributed by atoms with Gasteiger partial charge in [-0.2, -0.15) is 0 Å². The molecule has 1 atom stereocenters. The lowest BCUT2D eigenvalue weighted by Gasteiger charge is -2.37. The third-order valence-corrected chi connectivity index (χ3v) is 8.47. The molecule has 9 heteroatoms. The number of hydrogen-bond acceptors (Lipinski definition) is 6. The Morgan fingerprint density at radius 2 is 1.77 bits per heavy atom. The van der Waals surface area contributed by atoms with Gasteiger partial charge in [0.05, 0.1) is 13.2 Å². The number of halogens is 1. The van der Waals surface area contributed by atoms with Gasteiger partial charge in [-0.15, -0.1) is 11.3 Å². The van der Waals surface area contributed by atoms with Gasteiger partial charge in [0.25, 0.3) is 5.91 Å². The van der Waals surface area contributed by atoms with E-state index in [1.54, 1.807) is 23.3 Å². The van der Waals surface area contributed by atoms with Gasteiger partial charge in [0, 0.05) is 30.1 Å². The van der Waals surface area contributed by atoms with Crippen molar-refractivity contribution in [3.05, 3.63) is 81.8 Å². The van der Waals surface area contributed by atoms with Crippen LogP contribution in [0.15, 0.2) is 60.0 Å². The van der Waals surface area contributed by atoms with Crippen LogP contribution in [0.4, 0.5) is 4.39 Å². The van der Waals surface area contributed by atoms with Crippen LogP contribution in [0, 0.1) is 5.82 Å². The van der Waals surface area contributed by atoms with Crippen molar-refractivity contribution in [2.75, 3.05) is 53.0 Å². The number of methoxy groups -OCH3 is 1. The SMILES string of the molecule is COc1ccccc1OCC1c2ccsc2CCN1C(=O)CN(CCN1CCCC1)C(=O)c1ccc(F)cc1. The zero-order chi connectivity index (χ0) is 27.2. The van der Waals surface area contributed by atoms with Crippen molar-refractivity contribution < 1.29 is 23.5 Å². The first-order valence-electron chi connectivity index (χ1n) is 13.4. The van der Waals surface area contributed by atoms with E-state index in [4.69, 9.17) is 9.47 Å². The summed E-state index contributed by atoms with van der Waals surface area (Å²) in [6.07, 6.45) is 3.06. The number of carbonyl (C=O) groups excluding carboxylic acids is 2. The molecular weight excluding hydrogens is 517 g/mol. The molecule has 7 nitrogen and oxygen atoms in total. The molecule has 0 spiro atoms. The highest BCUT2D eigenvalue weighted by Crippen LogP contribution is 2.35. The molecule has 5 rings (SSSR count). The van der Waals surface area contributed by atoms with Crippen LogP contribution in [0.2, 0.25) is 0 Å². The minimum atomic E-state index is -0.399. The van der Waals surface area contributed by atoms with Crippen molar-refractivity contribution in [1.29, 1.82) is 0 Å². The first kappa shape index (κ1) is 27.1. The highest BCUT2D eigenvalue weighted by molar-refractivity contribution is 7.10. The predicted molar refractivity (Wildman–Crippen MR) is 149 cm³/mol. The number of benzene rings is 2. The van der Waals surface area contributed by atoms with Crippen molar-refractivity contribution in [1.82, 2.24) is 14.7 Å². The van der Waals surface area contributed by atoms with Gasteiger partial charge in [-0.1, -0.05) is 12.1 Å². The Kier molecular flexibility index (Phi) is 8.78. The van der Waals surface area contributed by atoms with Gasteiger partial charge in [0.15, 0.2) is 11.5 Å². The number of likely N-dealkylation sites (tertiary alicyclic amines) is 1. The van der Waals surface area contributed by atoms with Crippen LogP contribution in [-0.4, -0.2) is 79.5 Å². The highest BCUT2D eigenvalue weighted by Gasteiger charge is 2.34. The predicted octanol–water partition coefficient (Wildman–Crippen LogP) is 4.64. The van der Waals surface area contributed by atoms with Crippen LogP contribution in [0.1, 0.15) is 39.7 Å². The number of ether oxygens (including phenoxy) is 2. The van der Waals surface area contributed by atoms with E-state index in [9.17, 15) is 14.0 Å². The first-order valence-corrected chi connectivity index (χ1v) is 14.3. The molecule has 0 bridgehead atoms. The molecule has 3 heterocycles. The Bertz CT molecular complexity index is 1280. The van der Waals surface area contributed by atoms with E-state index in [1.165, 1.54) is 29.1 Å². The second-order valence-electron chi connectivity index (χ2n) is 9.90. The third kappa shape index (κ3) is 6.42. The molecule has 0 N–H and O–H groups in total. The zero-order valence-corrected chi connectivity index (χ0v) is 23.0. The van der Waals surface area contributed by atoms with Crippen LogP contribution >= 0.6 is 11.3 Å². The number of rotatable bonds is 10.